The first-order chi connectivity index (χ1) is 9.65. The Labute approximate surface area is 135 Å². The summed E-state index contributed by atoms with van der Waals surface area (Å²) in [5, 5.41) is 14.2. The van der Waals surface area contributed by atoms with E-state index in [9.17, 15) is 9.90 Å². The van der Waals surface area contributed by atoms with Crippen LogP contribution in [-0.4, -0.2) is 23.1 Å². The Hall–Kier alpha value is -0.810. The molecule has 118 valence electrons. The first-order valence-electron chi connectivity index (χ1n) is 6.83. The number of halogens is 2. The van der Waals surface area contributed by atoms with E-state index in [0.29, 0.717) is 27.9 Å². The lowest BCUT2D eigenvalue weighted by atomic mass is 9.89. The van der Waals surface area contributed by atoms with E-state index in [1.54, 1.807) is 25.1 Å². The van der Waals surface area contributed by atoms with Crippen LogP contribution in [0.4, 0.5) is 0 Å². The highest BCUT2D eigenvalue weighted by atomic mass is 35.5. The van der Waals surface area contributed by atoms with Gasteiger partial charge in [0.1, 0.15) is 0 Å². The Morgan fingerprint density at radius 1 is 1.43 bits per heavy atom. The first-order valence-corrected chi connectivity index (χ1v) is 7.59. The van der Waals surface area contributed by atoms with Crippen LogP contribution in [0.5, 0.6) is 0 Å². The number of hydrogen-bond donors (Lipinski definition) is 3. The summed E-state index contributed by atoms with van der Waals surface area (Å²) in [6.07, 6.45) is -0.260. The number of aliphatic hydroxyl groups excluding tert-OH is 1. The molecule has 4 nitrogen and oxygen atoms in total. The van der Waals surface area contributed by atoms with Crippen molar-refractivity contribution in [2.45, 2.75) is 38.8 Å². The molecule has 0 aliphatic rings. The number of carbonyl (C=O) groups is 1. The van der Waals surface area contributed by atoms with Gasteiger partial charge in [0.15, 0.2) is 0 Å². The Bertz CT molecular complexity index is 508. The molecule has 1 rings (SSSR count). The van der Waals surface area contributed by atoms with Crippen LogP contribution in [0.15, 0.2) is 18.2 Å². The minimum atomic E-state index is -0.867. The van der Waals surface area contributed by atoms with Crippen molar-refractivity contribution in [1.29, 1.82) is 0 Å². The van der Waals surface area contributed by atoms with Crippen LogP contribution in [0, 0.1) is 5.92 Å². The van der Waals surface area contributed by atoms with Gasteiger partial charge < -0.3 is 16.2 Å². The minimum absolute atomic E-state index is 0.174. The molecule has 0 aromatic heterocycles. The van der Waals surface area contributed by atoms with Gasteiger partial charge in [0.25, 0.3) is 0 Å². The molecule has 0 spiro atoms. The molecule has 0 fully saturated rings. The van der Waals surface area contributed by atoms with Gasteiger partial charge in [-0.25, -0.2) is 0 Å². The molecule has 2 unspecified atom stereocenters. The number of aliphatic hydroxyl groups is 1. The molecule has 4 N–H and O–H groups in total. The van der Waals surface area contributed by atoms with Gasteiger partial charge in [0, 0.05) is 22.2 Å². The van der Waals surface area contributed by atoms with Crippen molar-refractivity contribution < 1.29 is 9.90 Å². The van der Waals surface area contributed by atoms with E-state index in [4.69, 9.17) is 28.9 Å². The van der Waals surface area contributed by atoms with Crippen molar-refractivity contribution in [3.05, 3.63) is 33.8 Å². The fourth-order valence-electron chi connectivity index (χ4n) is 2.28. The van der Waals surface area contributed by atoms with E-state index in [-0.39, 0.29) is 6.54 Å². The maximum atomic E-state index is 11.7. The third kappa shape index (κ3) is 5.15. The SMILES string of the molecule is CC(C)CC(C)(NCC(O)c1ccc(Cl)cc1Cl)C(N)=O. The number of carbonyl (C=O) groups excluding carboxylic acids is 1. The third-order valence-electron chi connectivity index (χ3n) is 3.37. The highest BCUT2D eigenvalue weighted by Gasteiger charge is 2.32. The summed E-state index contributed by atoms with van der Waals surface area (Å²) in [5.74, 6) is -0.142. The molecule has 0 aliphatic heterocycles. The van der Waals surface area contributed by atoms with Crippen molar-refractivity contribution in [3.63, 3.8) is 0 Å². The van der Waals surface area contributed by atoms with Crippen LogP contribution < -0.4 is 11.1 Å². The van der Waals surface area contributed by atoms with Gasteiger partial charge in [0.05, 0.1) is 11.6 Å². The first kappa shape index (κ1) is 18.2. The van der Waals surface area contributed by atoms with Crippen LogP contribution in [-0.2, 0) is 4.79 Å². The highest BCUT2D eigenvalue weighted by Crippen LogP contribution is 2.26. The zero-order chi connectivity index (χ0) is 16.2. The van der Waals surface area contributed by atoms with Crippen LogP contribution in [0.1, 0.15) is 38.9 Å². The van der Waals surface area contributed by atoms with Gasteiger partial charge in [0.2, 0.25) is 5.91 Å². The molecule has 21 heavy (non-hydrogen) atoms. The van der Waals surface area contributed by atoms with E-state index < -0.39 is 17.6 Å². The Morgan fingerprint density at radius 2 is 2.05 bits per heavy atom. The molecule has 1 aromatic carbocycles. The lowest BCUT2D eigenvalue weighted by Crippen LogP contribution is -2.54. The van der Waals surface area contributed by atoms with Crippen molar-refractivity contribution >= 4 is 29.1 Å². The Kier molecular flexibility index (Phi) is 6.47. The summed E-state index contributed by atoms with van der Waals surface area (Å²) < 4.78 is 0. The topological polar surface area (TPSA) is 75.3 Å². The van der Waals surface area contributed by atoms with Gasteiger partial charge in [-0.1, -0.05) is 43.1 Å². The second-order valence-corrected chi connectivity index (χ2v) is 6.70. The van der Waals surface area contributed by atoms with Crippen molar-refractivity contribution in [3.8, 4) is 0 Å². The third-order valence-corrected chi connectivity index (χ3v) is 3.93. The van der Waals surface area contributed by atoms with E-state index in [1.807, 2.05) is 13.8 Å². The largest absolute Gasteiger partial charge is 0.387 e. The molecule has 0 saturated carbocycles. The van der Waals surface area contributed by atoms with E-state index in [2.05, 4.69) is 5.32 Å². The second-order valence-electron chi connectivity index (χ2n) is 5.86. The standard InChI is InChI=1S/C15H22Cl2N2O2/c1-9(2)7-15(3,14(18)21)19-8-13(20)11-5-4-10(16)6-12(11)17/h4-6,9,13,19-20H,7-8H2,1-3H3,(H2,18,21). The Balaban J connectivity index is 2.78. The van der Waals surface area contributed by atoms with Gasteiger partial charge in [-0.2, -0.15) is 0 Å². The number of nitrogens with one attached hydrogen (secondary N) is 1. The predicted octanol–water partition coefficient (Wildman–Crippen LogP) is 2.91. The summed E-state index contributed by atoms with van der Waals surface area (Å²) >= 11 is 11.9. The number of rotatable bonds is 7. The monoisotopic (exact) mass is 332 g/mol. The second kappa shape index (κ2) is 7.45. The molecule has 0 radical (unpaired) electrons. The number of amides is 1. The van der Waals surface area contributed by atoms with Crippen molar-refractivity contribution in [2.24, 2.45) is 11.7 Å². The summed E-state index contributed by atoms with van der Waals surface area (Å²) in [6.45, 7) is 5.93. The van der Waals surface area contributed by atoms with E-state index in [1.165, 1.54) is 0 Å². The van der Waals surface area contributed by atoms with Crippen LogP contribution >= 0.6 is 23.2 Å². The fraction of sp³-hybridized carbons (Fsp3) is 0.533. The number of nitrogens with two attached hydrogens (primary N) is 1. The minimum Gasteiger partial charge on any atom is -0.387 e. The molecule has 2 atom stereocenters. The Morgan fingerprint density at radius 3 is 2.52 bits per heavy atom. The van der Waals surface area contributed by atoms with Crippen molar-refractivity contribution in [2.75, 3.05) is 6.54 Å². The zero-order valence-electron chi connectivity index (χ0n) is 12.5. The lowest BCUT2D eigenvalue weighted by molar-refractivity contribution is -0.124. The average Bonchev–Trinajstić information content (AvgIpc) is 2.35. The molecule has 6 heteroatoms. The number of β-amino-alcohol motifs (C(OH)–C–C–N with tert-alkyl or cyclic N) is 1. The summed E-state index contributed by atoms with van der Waals surface area (Å²) in [7, 11) is 0. The van der Waals surface area contributed by atoms with E-state index in [0.717, 1.165) is 0 Å². The lowest BCUT2D eigenvalue weighted by Gasteiger charge is -2.30. The maximum Gasteiger partial charge on any atom is 0.237 e. The summed E-state index contributed by atoms with van der Waals surface area (Å²) in [4.78, 5) is 11.7. The quantitative estimate of drug-likeness (QED) is 0.718. The molecular formula is C15H22Cl2N2O2. The van der Waals surface area contributed by atoms with E-state index >= 15 is 0 Å². The highest BCUT2D eigenvalue weighted by molar-refractivity contribution is 6.35. The van der Waals surface area contributed by atoms with Crippen LogP contribution in [0.3, 0.4) is 0 Å². The van der Waals surface area contributed by atoms with Crippen LogP contribution in [0.2, 0.25) is 10.0 Å². The molecule has 1 amide bonds. The van der Waals surface area contributed by atoms with Gasteiger partial charge in [-0.15, -0.1) is 0 Å². The van der Waals surface area contributed by atoms with Gasteiger partial charge in [-0.3, -0.25) is 4.79 Å². The van der Waals surface area contributed by atoms with Gasteiger partial charge >= 0.3 is 0 Å². The summed E-state index contributed by atoms with van der Waals surface area (Å²) in [5.41, 5.74) is 5.16. The van der Waals surface area contributed by atoms with Crippen LogP contribution in [0.25, 0.3) is 0 Å². The molecule has 0 bridgehead atoms. The molecular weight excluding hydrogens is 311 g/mol. The maximum absolute atomic E-state index is 11.7. The molecule has 0 heterocycles. The number of benzene rings is 1. The predicted molar refractivity (Wildman–Crippen MR) is 86.5 cm³/mol. The fourth-order valence-corrected chi connectivity index (χ4v) is 2.81. The molecule has 0 aliphatic carbocycles. The van der Waals surface area contributed by atoms with Crippen molar-refractivity contribution in [1.82, 2.24) is 5.32 Å². The average molecular weight is 333 g/mol. The van der Waals surface area contributed by atoms with Gasteiger partial charge in [-0.05, 0) is 31.4 Å². The number of primary amides is 1. The number of hydrogen-bond acceptors (Lipinski definition) is 3. The summed E-state index contributed by atoms with van der Waals surface area (Å²) in [6, 6.07) is 4.90. The smallest absolute Gasteiger partial charge is 0.237 e. The zero-order valence-corrected chi connectivity index (χ0v) is 14.0. The normalized spacial score (nSPS) is 15.8. The molecule has 0 saturated heterocycles. The molecule has 1 aromatic rings.